The zero-order valence-corrected chi connectivity index (χ0v) is 18.0. The summed E-state index contributed by atoms with van der Waals surface area (Å²) < 4.78 is 12.6. The van der Waals surface area contributed by atoms with Gasteiger partial charge in [-0.25, -0.2) is 0 Å². The van der Waals surface area contributed by atoms with E-state index in [1.165, 1.54) is 0 Å². The molecule has 1 saturated heterocycles. The van der Waals surface area contributed by atoms with E-state index in [0.717, 1.165) is 0 Å². The van der Waals surface area contributed by atoms with Gasteiger partial charge in [0.05, 0.1) is 6.10 Å². The van der Waals surface area contributed by atoms with Crippen molar-refractivity contribution in [3.63, 3.8) is 0 Å². The van der Waals surface area contributed by atoms with Gasteiger partial charge in [-0.3, -0.25) is 4.79 Å². The second-order valence-electron chi connectivity index (χ2n) is 8.89. The van der Waals surface area contributed by atoms with Crippen LogP contribution >= 0.6 is 0 Å². The molecule has 0 aromatic heterocycles. The molecule has 1 amide bonds. The third-order valence-electron chi connectivity index (χ3n) is 5.38. The minimum atomic E-state index is -1.94. The van der Waals surface area contributed by atoms with Crippen molar-refractivity contribution in [2.24, 2.45) is 11.8 Å². The predicted octanol–water partition coefficient (Wildman–Crippen LogP) is 3.96. The Kier molecular flexibility index (Phi) is 5.76. The summed E-state index contributed by atoms with van der Waals surface area (Å²) in [6.07, 6.45) is -0.282. The van der Waals surface area contributed by atoms with E-state index in [9.17, 15) is 4.79 Å². The molecule has 0 aliphatic carbocycles. The van der Waals surface area contributed by atoms with Crippen molar-refractivity contribution in [1.29, 1.82) is 0 Å². The van der Waals surface area contributed by atoms with E-state index < -0.39 is 16.6 Å². The smallest absolute Gasteiger partial charge is 0.232 e. The molecule has 1 N–H and O–H groups in total. The molecule has 1 fully saturated rings. The second-order valence-corrected chi connectivity index (χ2v) is 17.9. The Morgan fingerprint density at radius 2 is 1.59 bits per heavy atom. The van der Waals surface area contributed by atoms with E-state index in [4.69, 9.17) is 8.85 Å². The molecule has 0 bridgehead atoms. The average Bonchev–Trinajstić information content (AvgIpc) is 2.24. The molecule has 0 saturated carbocycles. The molecule has 130 valence electrons. The Labute approximate surface area is 138 Å². The Balaban J connectivity index is 2.79. The molecule has 22 heavy (non-hydrogen) atoms. The minimum Gasteiger partial charge on any atom is -0.413 e. The van der Waals surface area contributed by atoms with Crippen molar-refractivity contribution >= 4 is 22.5 Å². The maximum atomic E-state index is 12.0. The molecule has 1 aliphatic rings. The maximum absolute atomic E-state index is 12.0. The van der Waals surface area contributed by atoms with Crippen LogP contribution in [0.4, 0.5) is 0 Å². The molecule has 0 spiro atoms. The van der Waals surface area contributed by atoms with E-state index in [2.05, 4.69) is 65.7 Å². The van der Waals surface area contributed by atoms with Crippen LogP contribution in [0.2, 0.25) is 37.8 Å². The van der Waals surface area contributed by atoms with Gasteiger partial charge in [-0.05, 0) is 50.6 Å². The van der Waals surface area contributed by atoms with Gasteiger partial charge >= 0.3 is 0 Å². The summed E-state index contributed by atoms with van der Waals surface area (Å²) in [7, 11) is -3.62. The summed E-state index contributed by atoms with van der Waals surface area (Å²) in [5.41, 5.74) is 0. The maximum Gasteiger partial charge on any atom is 0.232 e. The van der Waals surface area contributed by atoms with Gasteiger partial charge in [-0.2, -0.15) is 0 Å². The monoisotopic (exact) mass is 345 g/mol. The lowest BCUT2D eigenvalue weighted by Gasteiger charge is -2.48. The zero-order chi connectivity index (χ0) is 17.5. The van der Waals surface area contributed by atoms with Crippen LogP contribution in [-0.2, 0) is 13.6 Å². The second kappa shape index (κ2) is 6.38. The Morgan fingerprint density at radius 1 is 1.09 bits per heavy atom. The number of amides is 1. The topological polar surface area (TPSA) is 47.6 Å². The van der Waals surface area contributed by atoms with Crippen LogP contribution in [0.5, 0.6) is 0 Å². The minimum absolute atomic E-state index is 0.0582. The number of nitrogens with one attached hydrogen (secondary N) is 1. The first-order valence-electron chi connectivity index (χ1n) is 8.35. The van der Waals surface area contributed by atoms with Crippen molar-refractivity contribution in [2.75, 3.05) is 0 Å². The molecule has 3 atom stereocenters. The summed E-state index contributed by atoms with van der Waals surface area (Å²) in [5.74, 6) is 0.426. The van der Waals surface area contributed by atoms with E-state index in [-0.39, 0.29) is 29.2 Å². The van der Waals surface area contributed by atoms with Crippen molar-refractivity contribution in [3.8, 4) is 0 Å². The van der Waals surface area contributed by atoms with E-state index in [1.54, 1.807) is 0 Å². The number of hydrogen-bond acceptors (Lipinski definition) is 3. The van der Waals surface area contributed by atoms with Crippen LogP contribution < -0.4 is 5.32 Å². The van der Waals surface area contributed by atoms with Crippen molar-refractivity contribution in [3.05, 3.63) is 0 Å². The summed E-state index contributed by atoms with van der Waals surface area (Å²) in [4.78, 5) is 12.0. The quantitative estimate of drug-likeness (QED) is 0.561. The molecule has 1 heterocycles. The largest absolute Gasteiger partial charge is 0.413 e. The lowest BCUT2D eigenvalue weighted by atomic mass is 9.94. The highest BCUT2D eigenvalue weighted by atomic mass is 28.4. The third-order valence-corrected chi connectivity index (χ3v) is 11.0. The molecule has 0 radical (unpaired) electrons. The Hall–Kier alpha value is -0.176. The fourth-order valence-corrected chi connectivity index (χ4v) is 6.43. The van der Waals surface area contributed by atoms with Crippen LogP contribution in [0.3, 0.4) is 0 Å². The summed E-state index contributed by atoms with van der Waals surface area (Å²) >= 11 is 0. The Bertz CT molecular complexity index is 416. The number of carbonyl (C=O) groups is 1. The first-order chi connectivity index (χ1) is 9.69. The molecule has 1 aliphatic heterocycles. The van der Waals surface area contributed by atoms with Crippen molar-refractivity contribution < 1.29 is 13.6 Å². The fraction of sp³-hybridized carbons (Fsp3) is 0.938. The standard InChI is InChI=1S/C16H35NO3Si2/c1-11(2)16(4,5)22(9,10)19-12(3)13-14(18)17-15(13)20-21(6,7)8/h11-13,15H,1-10H3,(H,17,18)/t12-,13?,15?/m1/s1. The number of β-lactam (4-membered cyclic amide) rings is 1. The lowest BCUT2D eigenvalue weighted by molar-refractivity contribution is -0.151. The van der Waals surface area contributed by atoms with Gasteiger partial charge in [-0.15, -0.1) is 0 Å². The highest BCUT2D eigenvalue weighted by molar-refractivity contribution is 6.74. The molecule has 4 nitrogen and oxygen atoms in total. The molecular weight excluding hydrogens is 310 g/mol. The lowest BCUT2D eigenvalue weighted by Crippen LogP contribution is -2.66. The zero-order valence-electron chi connectivity index (χ0n) is 16.0. The van der Waals surface area contributed by atoms with Gasteiger partial charge in [0, 0.05) is 0 Å². The van der Waals surface area contributed by atoms with Gasteiger partial charge in [0.2, 0.25) is 5.91 Å². The molecule has 1 rings (SSSR count). The van der Waals surface area contributed by atoms with Gasteiger partial charge in [0.25, 0.3) is 0 Å². The van der Waals surface area contributed by atoms with Crippen LogP contribution in [0.1, 0.15) is 34.6 Å². The number of hydrogen-bond donors (Lipinski definition) is 1. The van der Waals surface area contributed by atoms with E-state index in [0.29, 0.717) is 5.92 Å². The summed E-state index contributed by atoms with van der Waals surface area (Å²) in [5, 5.41) is 3.04. The summed E-state index contributed by atoms with van der Waals surface area (Å²) in [6, 6.07) is 0. The Morgan fingerprint density at radius 3 is 1.95 bits per heavy atom. The van der Waals surface area contributed by atoms with Crippen molar-refractivity contribution in [1.82, 2.24) is 5.32 Å². The first-order valence-corrected chi connectivity index (χ1v) is 14.7. The fourth-order valence-electron chi connectivity index (χ4n) is 2.70. The van der Waals surface area contributed by atoms with Gasteiger partial charge in [-0.1, -0.05) is 27.7 Å². The molecular formula is C16H35NO3Si2. The summed E-state index contributed by atoms with van der Waals surface area (Å²) in [6.45, 7) is 22.0. The van der Waals surface area contributed by atoms with Gasteiger partial charge < -0.3 is 14.2 Å². The van der Waals surface area contributed by atoms with Crippen LogP contribution in [-0.4, -0.2) is 34.9 Å². The SMILES string of the molecule is CC(C)C(C)(C)[Si](C)(C)O[C@H](C)C1C(=O)NC1O[Si](C)(C)C. The molecule has 2 unspecified atom stereocenters. The highest BCUT2D eigenvalue weighted by Gasteiger charge is 2.50. The third kappa shape index (κ3) is 4.21. The first kappa shape index (κ1) is 19.9. The number of rotatable bonds is 7. The van der Waals surface area contributed by atoms with Crippen LogP contribution in [0.25, 0.3) is 0 Å². The predicted molar refractivity (Wildman–Crippen MR) is 96.8 cm³/mol. The van der Waals surface area contributed by atoms with E-state index in [1.807, 2.05) is 6.92 Å². The molecule has 0 aromatic rings. The normalized spacial score (nSPS) is 25.0. The van der Waals surface area contributed by atoms with Crippen LogP contribution in [0, 0.1) is 11.8 Å². The van der Waals surface area contributed by atoms with Gasteiger partial charge in [0.15, 0.2) is 16.6 Å². The van der Waals surface area contributed by atoms with Crippen LogP contribution in [0.15, 0.2) is 0 Å². The molecule has 6 heteroatoms. The van der Waals surface area contributed by atoms with Crippen molar-refractivity contribution in [2.45, 2.75) is 84.7 Å². The molecule has 0 aromatic carbocycles. The van der Waals surface area contributed by atoms with Gasteiger partial charge in [0.1, 0.15) is 12.1 Å². The highest BCUT2D eigenvalue weighted by Crippen LogP contribution is 2.45. The number of carbonyl (C=O) groups excluding carboxylic acids is 1. The average molecular weight is 346 g/mol. The van der Waals surface area contributed by atoms with E-state index >= 15 is 0 Å².